The van der Waals surface area contributed by atoms with E-state index < -0.39 is 0 Å². The van der Waals surface area contributed by atoms with E-state index in [1.807, 2.05) is 0 Å². The molecule has 0 aromatic rings. The molecule has 3 N–H and O–H groups in total. The maximum atomic E-state index is 8.86. The summed E-state index contributed by atoms with van der Waals surface area (Å²) in [6.07, 6.45) is 0.885. The van der Waals surface area contributed by atoms with Crippen molar-refractivity contribution in [1.82, 2.24) is 9.80 Å². The molecule has 1 fully saturated rings. The zero-order valence-corrected chi connectivity index (χ0v) is 10.2. The van der Waals surface area contributed by atoms with Crippen LogP contribution in [0.4, 0.5) is 0 Å². The van der Waals surface area contributed by atoms with Crippen molar-refractivity contribution in [3.05, 3.63) is 0 Å². The largest absolute Gasteiger partial charge is 0.395 e. The van der Waals surface area contributed by atoms with Gasteiger partial charge in [-0.15, -0.1) is 0 Å². The van der Waals surface area contributed by atoms with E-state index in [9.17, 15) is 0 Å². The molecule has 1 unspecified atom stereocenters. The van der Waals surface area contributed by atoms with Crippen molar-refractivity contribution in [2.24, 2.45) is 5.73 Å². The number of likely N-dealkylation sites (N-methyl/N-ethyl adjacent to an activating group) is 1. The number of hydrogen-bond acceptors (Lipinski definition) is 4. The lowest BCUT2D eigenvalue weighted by Crippen LogP contribution is -2.57. The quantitative estimate of drug-likeness (QED) is 0.677. The minimum atomic E-state index is -0.0623. The molecule has 4 nitrogen and oxygen atoms in total. The van der Waals surface area contributed by atoms with Gasteiger partial charge in [0.15, 0.2) is 0 Å². The third-order valence-corrected chi connectivity index (χ3v) is 3.45. The molecule has 1 rings (SSSR count). The van der Waals surface area contributed by atoms with Crippen molar-refractivity contribution in [3.63, 3.8) is 0 Å². The minimum Gasteiger partial charge on any atom is -0.395 e. The van der Waals surface area contributed by atoms with Crippen molar-refractivity contribution in [2.75, 3.05) is 39.8 Å². The molecule has 1 atom stereocenters. The summed E-state index contributed by atoms with van der Waals surface area (Å²) in [6.45, 7) is 8.94. The van der Waals surface area contributed by atoms with Crippen LogP contribution in [0.3, 0.4) is 0 Å². The van der Waals surface area contributed by atoms with Gasteiger partial charge in [-0.2, -0.15) is 0 Å². The van der Waals surface area contributed by atoms with E-state index >= 15 is 0 Å². The molecular formula is C11H25N3O. The molecule has 0 aromatic carbocycles. The van der Waals surface area contributed by atoms with E-state index in [1.165, 1.54) is 0 Å². The lowest BCUT2D eigenvalue weighted by molar-refractivity contribution is 0.0378. The molecule has 1 aliphatic heterocycles. The van der Waals surface area contributed by atoms with Gasteiger partial charge in [0.05, 0.1) is 6.61 Å². The van der Waals surface area contributed by atoms with Crippen LogP contribution in [0.2, 0.25) is 0 Å². The number of aliphatic hydroxyl groups excluding tert-OH is 1. The summed E-state index contributed by atoms with van der Waals surface area (Å²) in [5, 5.41) is 8.86. The molecule has 15 heavy (non-hydrogen) atoms. The first kappa shape index (κ1) is 12.9. The minimum absolute atomic E-state index is 0.0623. The number of hydrogen-bond donors (Lipinski definition) is 2. The van der Waals surface area contributed by atoms with Crippen LogP contribution in [-0.2, 0) is 0 Å². The first-order valence-corrected chi connectivity index (χ1v) is 5.76. The zero-order chi connectivity index (χ0) is 11.5. The zero-order valence-electron chi connectivity index (χ0n) is 10.2. The van der Waals surface area contributed by atoms with Crippen molar-refractivity contribution in [2.45, 2.75) is 31.8 Å². The smallest absolute Gasteiger partial charge is 0.0583 e. The number of piperazine rings is 1. The Hall–Kier alpha value is -0.160. The Morgan fingerprint density at radius 2 is 2.07 bits per heavy atom. The van der Waals surface area contributed by atoms with Crippen molar-refractivity contribution >= 4 is 0 Å². The van der Waals surface area contributed by atoms with Gasteiger partial charge in [-0.3, -0.25) is 4.90 Å². The molecule has 1 saturated heterocycles. The third-order valence-electron chi connectivity index (χ3n) is 3.45. The maximum Gasteiger partial charge on any atom is 0.0583 e. The van der Waals surface area contributed by atoms with Crippen molar-refractivity contribution in [3.8, 4) is 0 Å². The van der Waals surface area contributed by atoms with Crippen LogP contribution in [0.1, 0.15) is 20.3 Å². The summed E-state index contributed by atoms with van der Waals surface area (Å²) in [7, 11) is 2.18. The second-order valence-corrected chi connectivity index (χ2v) is 5.24. The molecular weight excluding hydrogens is 190 g/mol. The molecule has 90 valence electrons. The Bertz CT molecular complexity index is 196. The highest BCUT2D eigenvalue weighted by molar-refractivity contribution is 4.88. The summed E-state index contributed by atoms with van der Waals surface area (Å²) in [4.78, 5) is 4.84. The van der Waals surface area contributed by atoms with Gasteiger partial charge >= 0.3 is 0 Å². The fourth-order valence-corrected chi connectivity index (χ4v) is 1.97. The molecule has 0 amide bonds. The second kappa shape index (κ2) is 5.25. The van der Waals surface area contributed by atoms with Crippen LogP contribution in [0.25, 0.3) is 0 Å². The number of aliphatic hydroxyl groups is 1. The van der Waals surface area contributed by atoms with Gasteiger partial charge in [0.1, 0.15) is 0 Å². The Balaban J connectivity index is 2.33. The molecule has 1 heterocycles. The van der Waals surface area contributed by atoms with E-state index in [4.69, 9.17) is 10.8 Å². The highest BCUT2D eigenvalue weighted by Gasteiger charge is 2.30. The molecule has 4 heteroatoms. The van der Waals surface area contributed by atoms with E-state index in [1.54, 1.807) is 0 Å². The van der Waals surface area contributed by atoms with E-state index in [0.717, 1.165) is 32.6 Å². The van der Waals surface area contributed by atoms with Crippen LogP contribution in [0.5, 0.6) is 0 Å². The van der Waals surface area contributed by atoms with Gasteiger partial charge < -0.3 is 15.7 Å². The second-order valence-electron chi connectivity index (χ2n) is 5.24. The number of nitrogens with two attached hydrogens (primary N) is 1. The summed E-state index contributed by atoms with van der Waals surface area (Å²) in [5.74, 6) is 0. The molecule has 0 aromatic heterocycles. The van der Waals surface area contributed by atoms with Crippen LogP contribution in [0.15, 0.2) is 0 Å². The van der Waals surface area contributed by atoms with Gasteiger partial charge in [0, 0.05) is 31.2 Å². The molecule has 0 aliphatic carbocycles. The van der Waals surface area contributed by atoms with Gasteiger partial charge in [-0.05, 0) is 33.9 Å². The summed E-state index contributed by atoms with van der Waals surface area (Å²) >= 11 is 0. The lowest BCUT2D eigenvalue weighted by Gasteiger charge is -2.45. The highest BCUT2D eigenvalue weighted by Crippen LogP contribution is 2.18. The fourth-order valence-electron chi connectivity index (χ4n) is 1.97. The predicted molar refractivity (Wildman–Crippen MR) is 62.8 cm³/mol. The molecule has 0 bridgehead atoms. The standard InChI is InChI=1S/C11H25N3O/c1-11(2)9-14(7-6-13(11)3)5-4-10(12)8-15/h10,15H,4-9,12H2,1-3H3. The number of nitrogens with zero attached hydrogens (tertiary/aromatic N) is 2. The van der Waals surface area contributed by atoms with Gasteiger partial charge in [-0.1, -0.05) is 0 Å². The lowest BCUT2D eigenvalue weighted by atomic mass is 9.99. The topological polar surface area (TPSA) is 52.7 Å². The van der Waals surface area contributed by atoms with Crippen LogP contribution < -0.4 is 5.73 Å². The Morgan fingerprint density at radius 1 is 1.40 bits per heavy atom. The van der Waals surface area contributed by atoms with Crippen molar-refractivity contribution < 1.29 is 5.11 Å². The van der Waals surface area contributed by atoms with Crippen LogP contribution in [-0.4, -0.2) is 66.3 Å². The van der Waals surface area contributed by atoms with Crippen LogP contribution in [0, 0.1) is 0 Å². The highest BCUT2D eigenvalue weighted by atomic mass is 16.3. The average molecular weight is 215 g/mol. The van der Waals surface area contributed by atoms with Crippen molar-refractivity contribution in [1.29, 1.82) is 0 Å². The molecule has 0 saturated carbocycles. The van der Waals surface area contributed by atoms with Gasteiger partial charge in [0.2, 0.25) is 0 Å². The summed E-state index contributed by atoms with van der Waals surface area (Å²) < 4.78 is 0. The normalized spacial score (nSPS) is 25.4. The van der Waals surface area contributed by atoms with E-state index in [0.29, 0.717) is 0 Å². The van der Waals surface area contributed by atoms with E-state index in [-0.39, 0.29) is 18.2 Å². The van der Waals surface area contributed by atoms with Crippen LogP contribution >= 0.6 is 0 Å². The average Bonchev–Trinajstić information content (AvgIpc) is 2.19. The summed E-state index contributed by atoms with van der Waals surface area (Å²) in [6, 6.07) is -0.0623. The Labute approximate surface area is 93.0 Å². The predicted octanol–water partition coefficient (Wildman–Crippen LogP) is -0.278. The SMILES string of the molecule is CN1CCN(CCC(N)CO)CC1(C)C. The first-order chi connectivity index (χ1) is 6.95. The maximum absolute atomic E-state index is 8.86. The van der Waals surface area contributed by atoms with Gasteiger partial charge in [-0.25, -0.2) is 0 Å². The summed E-state index contributed by atoms with van der Waals surface area (Å²) in [5.41, 5.74) is 5.95. The first-order valence-electron chi connectivity index (χ1n) is 5.76. The van der Waals surface area contributed by atoms with E-state index in [2.05, 4.69) is 30.7 Å². The fraction of sp³-hybridized carbons (Fsp3) is 1.00. The molecule has 1 aliphatic rings. The monoisotopic (exact) mass is 215 g/mol. The Morgan fingerprint density at radius 3 is 2.60 bits per heavy atom. The Kier molecular flexibility index (Phi) is 4.52. The molecule has 0 spiro atoms. The number of rotatable bonds is 4. The van der Waals surface area contributed by atoms with Gasteiger partial charge in [0.25, 0.3) is 0 Å². The molecule has 0 radical (unpaired) electrons. The third kappa shape index (κ3) is 3.72.